The number of aromatic nitrogens is 3. The van der Waals surface area contributed by atoms with Crippen molar-refractivity contribution in [2.75, 3.05) is 65.6 Å². The summed E-state index contributed by atoms with van der Waals surface area (Å²) in [5.74, 6) is -4.01. The molecule has 5 N–H and O–H groups in total. The number of ether oxygens (including phenoxy) is 7. The molecule has 0 saturated carbocycles. The molecule has 4 aliphatic heterocycles. The van der Waals surface area contributed by atoms with Crippen LogP contribution in [0, 0.1) is 29.1 Å². The average Bonchev–Trinajstić information content (AvgIpc) is 3.86. The van der Waals surface area contributed by atoms with Gasteiger partial charge in [0.05, 0.1) is 53.3 Å². The number of amides is 1. The SMILES string of the molecule is CO[C@H](c1ccc(N2CCN(C(C)=O)CC2)cc1)[C@@H](CF)n1cc(CCN(C)[C@@H]2C[C@H](O[C@@H]3[C@@H](C)[C@H](O[C@H]4C[C@@](C)(OC)[C@@H](O)[C@H](C)O4)[C@@H](C)C(=O)O[C@H](I)[C@@](C)(O)[C@H](O)[C@@H](C)C(=N)[C@H](C)C[C@@]3(C)O)O[C@H](C)C2)nn1. The van der Waals surface area contributed by atoms with Gasteiger partial charge in [-0.2, -0.15) is 0 Å². The minimum absolute atomic E-state index is 0.00106. The smallest absolute Gasteiger partial charge is 0.312 e. The number of alkyl halides is 2. The van der Waals surface area contributed by atoms with Gasteiger partial charge in [-0.05, 0) is 108 Å². The largest absolute Gasteiger partial charge is 0.448 e. The van der Waals surface area contributed by atoms with Gasteiger partial charge in [0.25, 0.3) is 0 Å². The Kier molecular flexibility index (Phi) is 21.3. The summed E-state index contributed by atoms with van der Waals surface area (Å²) in [5, 5.41) is 65.0. The molecule has 76 heavy (non-hydrogen) atoms. The lowest BCUT2D eigenvalue weighted by atomic mass is 9.74. The minimum atomic E-state index is -1.96. The standard InChI is InChI=1S/C54H87FIN7O13/c1-30-26-52(8,68)49(33(4)45(74-43-27-53(9,71-13)48(66)35(6)73-43)34(5)50(67)76-51(56)54(10,69)47(65)32(3)44(30)57)75-42-25-40(24-31(2)72-42)60(11)19-18-38-29-63(59-58-38)41(28-55)46(70-12)37-14-16-39(17-15-37)62-22-20-61(21-23-62)36(7)64/h14-17,29-35,40-43,45-49,51,57,65-66,68-69H,18-28H2,1-13H3/t30-,31-,32+,33+,34-,35+,40+,41-,42+,43+,45+,46-,47-,48+,49-,51+,52-,53-,54+/m1/s1. The molecular weight excluding hydrogens is 1100 g/mol. The van der Waals surface area contributed by atoms with Gasteiger partial charge in [0.2, 0.25) is 5.91 Å². The number of aliphatic hydroxyl groups is 4. The Balaban J connectivity index is 1.20. The van der Waals surface area contributed by atoms with Gasteiger partial charge >= 0.3 is 5.97 Å². The zero-order chi connectivity index (χ0) is 56.2. The summed E-state index contributed by atoms with van der Waals surface area (Å²) in [6.07, 6.45) is -4.67. The number of likely N-dealkylation sites (N-methyl/N-ethyl adjacent to an activating group) is 1. The van der Waals surface area contributed by atoms with Crippen LogP contribution < -0.4 is 4.90 Å². The number of nitrogens with zero attached hydrogens (tertiary/aromatic N) is 6. The van der Waals surface area contributed by atoms with Crippen molar-refractivity contribution < 1.29 is 67.6 Å². The molecule has 1 aromatic carbocycles. The second-order valence-electron chi connectivity index (χ2n) is 22.8. The van der Waals surface area contributed by atoms with Gasteiger partial charge in [0, 0.05) is 109 Å². The first-order valence-corrected chi connectivity index (χ1v) is 28.1. The number of esters is 1. The van der Waals surface area contributed by atoms with Crippen LogP contribution in [0.5, 0.6) is 0 Å². The number of rotatable bonds is 15. The van der Waals surface area contributed by atoms with Gasteiger partial charge in [0.15, 0.2) is 16.7 Å². The van der Waals surface area contributed by atoms with Gasteiger partial charge in [-0.1, -0.05) is 38.1 Å². The molecule has 4 fully saturated rings. The first-order chi connectivity index (χ1) is 35.7. The summed E-state index contributed by atoms with van der Waals surface area (Å²) in [6.45, 7) is 19.5. The maximum Gasteiger partial charge on any atom is 0.312 e. The Labute approximate surface area is 462 Å². The zero-order valence-corrected chi connectivity index (χ0v) is 49.0. The third-order valence-corrected chi connectivity index (χ3v) is 18.3. The number of anilines is 1. The Morgan fingerprint density at radius 1 is 0.947 bits per heavy atom. The van der Waals surface area contributed by atoms with Gasteiger partial charge < -0.3 is 73.7 Å². The molecule has 0 bridgehead atoms. The topological polar surface area (TPSA) is 244 Å². The summed E-state index contributed by atoms with van der Waals surface area (Å²) >= 11 is 1.79. The molecule has 6 rings (SSSR count). The molecule has 0 unspecified atom stereocenters. The van der Waals surface area contributed by atoms with Crippen molar-refractivity contribution in [2.24, 2.45) is 23.7 Å². The predicted octanol–water partition coefficient (Wildman–Crippen LogP) is 5.02. The van der Waals surface area contributed by atoms with E-state index in [9.17, 15) is 39.8 Å². The summed E-state index contributed by atoms with van der Waals surface area (Å²) < 4.78 is 59.3. The maximum absolute atomic E-state index is 15.0. The van der Waals surface area contributed by atoms with Gasteiger partial charge in [-0.15, -0.1) is 5.10 Å². The number of hydrogen-bond donors (Lipinski definition) is 5. The maximum atomic E-state index is 15.0. The van der Waals surface area contributed by atoms with Crippen LogP contribution in [0.3, 0.4) is 0 Å². The molecule has 4 aliphatic rings. The lowest BCUT2D eigenvalue weighted by molar-refractivity contribution is -0.308. The van der Waals surface area contributed by atoms with Crippen molar-refractivity contribution in [1.29, 1.82) is 5.41 Å². The third kappa shape index (κ3) is 14.3. The molecule has 22 heteroatoms. The number of hydrogen-bond acceptors (Lipinski definition) is 18. The van der Waals surface area contributed by atoms with E-state index in [-0.39, 0.29) is 36.6 Å². The highest BCUT2D eigenvalue weighted by Gasteiger charge is 2.52. The number of carbonyl (C=O) groups excluding carboxylic acids is 2. The van der Waals surface area contributed by atoms with E-state index in [1.165, 1.54) is 18.7 Å². The molecule has 430 valence electrons. The Hall–Kier alpha value is -3.01. The highest BCUT2D eigenvalue weighted by Crippen LogP contribution is 2.41. The number of carbonyl (C=O) groups is 2. The Morgan fingerprint density at radius 2 is 1.61 bits per heavy atom. The van der Waals surface area contributed by atoms with Crippen LogP contribution in [0.25, 0.3) is 0 Å². The summed E-state index contributed by atoms with van der Waals surface area (Å²) in [5.41, 5.74) is -2.15. The first kappa shape index (κ1) is 62.2. The van der Waals surface area contributed by atoms with Crippen molar-refractivity contribution in [1.82, 2.24) is 24.8 Å². The molecule has 0 aliphatic carbocycles. The third-order valence-electron chi connectivity index (χ3n) is 16.8. The van der Waals surface area contributed by atoms with Crippen molar-refractivity contribution in [3.63, 3.8) is 0 Å². The van der Waals surface area contributed by atoms with E-state index in [0.29, 0.717) is 44.6 Å². The first-order valence-electron chi connectivity index (χ1n) is 26.9. The van der Waals surface area contributed by atoms with E-state index in [2.05, 4.69) is 20.1 Å². The molecule has 0 spiro atoms. The second kappa shape index (κ2) is 26.1. The van der Waals surface area contributed by atoms with E-state index in [1.54, 1.807) is 84.4 Å². The molecule has 2 aromatic rings. The monoisotopic (exact) mass is 1190 g/mol. The minimum Gasteiger partial charge on any atom is -0.448 e. The van der Waals surface area contributed by atoms with Crippen LogP contribution in [0.15, 0.2) is 30.5 Å². The van der Waals surface area contributed by atoms with Crippen molar-refractivity contribution in [2.45, 2.75) is 190 Å². The molecule has 5 heterocycles. The van der Waals surface area contributed by atoms with E-state index in [1.807, 2.05) is 50.1 Å². The number of cyclic esters (lactones) is 1. The number of nitrogens with one attached hydrogen (secondary N) is 1. The fraction of sp³-hybridized carbons (Fsp3) is 0.796. The van der Waals surface area contributed by atoms with E-state index in [0.717, 1.165) is 24.3 Å². The number of piperazine rings is 1. The summed E-state index contributed by atoms with van der Waals surface area (Å²) in [7, 11) is 5.06. The lowest BCUT2D eigenvalue weighted by Gasteiger charge is -2.48. The van der Waals surface area contributed by atoms with E-state index >= 15 is 0 Å². The lowest BCUT2D eigenvalue weighted by Crippen LogP contribution is -2.59. The Bertz CT molecular complexity index is 2220. The molecule has 1 aromatic heterocycles. The van der Waals surface area contributed by atoms with Crippen LogP contribution in [0.4, 0.5) is 10.1 Å². The number of benzene rings is 1. The fourth-order valence-corrected chi connectivity index (χ4v) is 12.4. The normalized spacial score (nSPS) is 38.4. The summed E-state index contributed by atoms with van der Waals surface area (Å²) in [6, 6.07) is 7.06. The van der Waals surface area contributed by atoms with Crippen molar-refractivity contribution >= 4 is 45.9 Å². The quantitative estimate of drug-likeness (QED) is 0.0893. The van der Waals surface area contributed by atoms with Crippen LogP contribution >= 0.6 is 22.6 Å². The highest BCUT2D eigenvalue weighted by molar-refractivity contribution is 14.1. The fourth-order valence-electron chi connectivity index (χ4n) is 11.8. The average molecular weight is 1190 g/mol. The van der Waals surface area contributed by atoms with Gasteiger partial charge in [-0.25, -0.2) is 9.07 Å². The van der Waals surface area contributed by atoms with Crippen LogP contribution in [0.1, 0.15) is 118 Å². The zero-order valence-electron chi connectivity index (χ0n) is 46.8. The molecule has 0 radical (unpaired) electrons. The molecule has 4 saturated heterocycles. The second-order valence-corrected chi connectivity index (χ2v) is 23.9. The number of methoxy groups -OCH3 is 2. The van der Waals surface area contributed by atoms with Gasteiger partial charge in [0.1, 0.15) is 30.5 Å². The van der Waals surface area contributed by atoms with Crippen LogP contribution in [-0.4, -0.2) is 200 Å². The summed E-state index contributed by atoms with van der Waals surface area (Å²) in [4.78, 5) is 32.4. The molecule has 19 atom stereocenters. The predicted molar refractivity (Wildman–Crippen MR) is 290 cm³/mol. The van der Waals surface area contributed by atoms with Gasteiger partial charge in [-0.3, -0.25) is 9.59 Å². The van der Waals surface area contributed by atoms with E-state index < -0.39 is 112 Å². The highest BCUT2D eigenvalue weighted by atomic mass is 127. The molecular formula is C54H87FIN7O13. The van der Waals surface area contributed by atoms with Crippen LogP contribution in [-0.2, 0) is 49.2 Å². The molecule has 1 amide bonds. The van der Waals surface area contributed by atoms with E-state index in [4.69, 9.17) is 33.2 Å². The van der Waals surface area contributed by atoms with Crippen molar-refractivity contribution in [3.05, 3.63) is 41.7 Å². The van der Waals surface area contributed by atoms with Crippen LogP contribution in [0.2, 0.25) is 0 Å². The Morgan fingerprint density at radius 3 is 2.21 bits per heavy atom. The number of halogens is 2. The molecule has 20 nitrogen and oxygen atoms in total. The van der Waals surface area contributed by atoms with Crippen molar-refractivity contribution in [3.8, 4) is 0 Å². The number of aliphatic hydroxyl groups excluding tert-OH is 2.